The molecule has 0 fully saturated rings. The second kappa shape index (κ2) is 5.42. The summed E-state index contributed by atoms with van der Waals surface area (Å²) in [5.74, 6) is 0.374. The van der Waals surface area contributed by atoms with Crippen molar-refractivity contribution in [3.8, 4) is 17.2 Å². The van der Waals surface area contributed by atoms with E-state index in [1.165, 1.54) is 19.2 Å². The molecule has 0 aliphatic rings. The third-order valence-corrected chi connectivity index (χ3v) is 2.32. The van der Waals surface area contributed by atoms with Gasteiger partial charge < -0.3 is 20.1 Å². The summed E-state index contributed by atoms with van der Waals surface area (Å²) in [6.45, 7) is 1.75. The summed E-state index contributed by atoms with van der Waals surface area (Å²) in [6, 6.07) is 2.88. The van der Waals surface area contributed by atoms with Crippen molar-refractivity contribution in [3.63, 3.8) is 0 Å². The SMILES string of the molecule is COc1cc(O)c(C/C=C(\C)CO)c(O)c1. The highest BCUT2D eigenvalue weighted by Gasteiger charge is 2.08. The number of benzene rings is 1. The van der Waals surface area contributed by atoms with E-state index in [2.05, 4.69) is 0 Å². The topological polar surface area (TPSA) is 69.9 Å². The highest BCUT2D eigenvalue weighted by molar-refractivity contribution is 5.50. The van der Waals surface area contributed by atoms with Crippen molar-refractivity contribution in [1.29, 1.82) is 0 Å². The number of methoxy groups -OCH3 is 1. The van der Waals surface area contributed by atoms with Gasteiger partial charge in [-0.25, -0.2) is 0 Å². The Bertz CT molecular complexity index is 373. The van der Waals surface area contributed by atoms with Crippen molar-refractivity contribution in [1.82, 2.24) is 0 Å². The van der Waals surface area contributed by atoms with Gasteiger partial charge in [0, 0.05) is 17.7 Å². The maximum atomic E-state index is 9.66. The Morgan fingerprint density at radius 1 is 1.31 bits per heavy atom. The molecule has 0 aromatic heterocycles. The van der Waals surface area contributed by atoms with Crippen molar-refractivity contribution in [2.75, 3.05) is 13.7 Å². The van der Waals surface area contributed by atoms with E-state index in [-0.39, 0.29) is 18.1 Å². The van der Waals surface area contributed by atoms with E-state index < -0.39 is 0 Å². The molecule has 0 saturated heterocycles. The van der Waals surface area contributed by atoms with E-state index in [1.54, 1.807) is 13.0 Å². The summed E-state index contributed by atoms with van der Waals surface area (Å²) in [5, 5.41) is 28.1. The zero-order valence-electron chi connectivity index (χ0n) is 9.40. The number of aliphatic hydroxyl groups is 1. The van der Waals surface area contributed by atoms with Crippen LogP contribution >= 0.6 is 0 Å². The molecule has 3 N–H and O–H groups in total. The van der Waals surface area contributed by atoms with E-state index in [9.17, 15) is 10.2 Å². The lowest BCUT2D eigenvalue weighted by Crippen LogP contribution is -1.90. The largest absolute Gasteiger partial charge is 0.507 e. The third-order valence-electron chi connectivity index (χ3n) is 2.32. The summed E-state index contributed by atoms with van der Waals surface area (Å²) in [6.07, 6.45) is 2.12. The van der Waals surface area contributed by atoms with Gasteiger partial charge in [0.25, 0.3) is 0 Å². The maximum Gasteiger partial charge on any atom is 0.126 e. The van der Waals surface area contributed by atoms with Crippen molar-refractivity contribution in [3.05, 3.63) is 29.3 Å². The number of ether oxygens (including phenoxy) is 1. The van der Waals surface area contributed by atoms with Crippen LogP contribution in [0.5, 0.6) is 17.2 Å². The molecule has 0 radical (unpaired) electrons. The van der Waals surface area contributed by atoms with Gasteiger partial charge in [-0.05, 0) is 13.3 Å². The van der Waals surface area contributed by atoms with Crippen molar-refractivity contribution in [2.24, 2.45) is 0 Å². The van der Waals surface area contributed by atoms with Crippen molar-refractivity contribution in [2.45, 2.75) is 13.3 Å². The average Bonchev–Trinajstić information content (AvgIpc) is 2.27. The zero-order chi connectivity index (χ0) is 12.1. The van der Waals surface area contributed by atoms with Crippen LogP contribution in [0.1, 0.15) is 12.5 Å². The average molecular weight is 224 g/mol. The lowest BCUT2D eigenvalue weighted by Gasteiger charge is -2.08. The fraction of sp³-hybridized carbons (Fsp3) is 0.333. The Hall–Kier alpha value is -1.68. The van der Waals surface area contributed by atoms with Crippen molar-refractivity contribution < 1.29 is 20.1 Å². The zero-order valence-corrected chi connectivity index (χ0v) is 9.40. The normalized spacial score (nSPS) is 11.6. The first-order valence-electron chi connectivity index (χ1n) is 4.93. The molecular weight excluding hydrogens is 208 g/mol. The second-order valence-electron chi connectivity index (χ2n) is 3.56. The van der Waals surface area contributed by atoms with Gasteiger partial charge in [0.05, 0.1) is 13.7 Å². The Morgan fingerprint density at radius 3 is 2.31 bits per heavy atom. The standard InChI is InChI=1S/C12H16O4/c1-8(7-13)3-4-10-11(14)5-9(16-2)6-12(10)15/h3,5-6,13-15H,4,7H2,1-2H3/b8-3+. The number of phenols is 2. The van der Waals surface area contributed by atoms with Crippen LogP contribution in [0.15, 0.2) is 23.8 Å². The van der Waals surface area contributed by atoms with E-state index in [0.29, 0.717) is 17.7 Å². The summed E-state index contributed by atoms with van der Waals surface area (Å²) in [5.41, 5.74) is 1.21. The molecular formula is C12H16O4. The lowest BCUT2D eigenvalue weighted by atomic mass is 10.1. The first kappa shape index (κ1) is 12.4. The molecule has 1 aromatic rings. The molecule has 4 nitrogen and oxygen atoms in total. The molecule has 4 heteroatoms. The van der Waals surface area contributed by atoms with Gasteiger partial charge >= 0.3 is 0 Å². The number of hydrogen-bond donors (Lipinski definition) is 3. The maximum absolute atomic E-state index is 9.66. The second-order valence-corrected chi connectivity index (χ2v) is 3.56. The number of hydrogen-bond acceptors (Lipinski definition) is 4. The van der Waals surface area contributed by atoms with Crippen LogP contribution in [0.2, 0.25) is 0 Å². The Morgan fingerprint density at radius 2 is 1.88 bits per heavy atom. The molecule has 0 unspecified atom stereocenters. The molecule has 0 aliphatic heterocycles. The summed E-state index contributed by atoms with van der Waals surface area (Å²) in [4.78, 5) is 0. The van der Waals surface area contributed by atoms with E-state index in [4.69, 9.17) is 9.84 Å². The van der Waals surface area contributed by atoms with Crippen LogP contribution in [0.4, 0.5) is 0 Å². The minimum Gasteiger partial charge on any atom is -0.507 e. The molecule has 0 amide bonds. The highest BCUT2D eigenvalue weighted by atomic mass is 16.5. The highest BCUT2D eigenvalue weighted by Crippen LogP contribution is 2.33. The van der Waals surface area contributed by atoms with E-state index in [1.807, 2.05) is 0 Å². The fourth-order valence-electron chi connectivity index (χ4n) is 1.28. The minimum absolute atomic E-state index is 0.0150. The molecule has 0 saturated carbocycles. The summed E-state index contributed by atoms with van der Waals surface area (Å²) >= 11 is 0. The van der Waals surface area contributed by atoms with Gasteiger partial charge in [-0.1, -0.05) is 11.6 Å². The minimum atomic E-state index is -0.0301. The number of aromatic hydroxyl groups is 2. The third kappa shape index (κ3) is 2.90. The first-order valence-corrected chi connectivity index (χ1v) is 4.93. The van der Waals surface area contributed by atoms with Crippen molar-refractivity contribution >= 4 is 0 Å². The van der Waals surface area contributed by atoms with Gasteiger partial charge in [0.15, 0.2) is 0 Å². The van der Waals surface area contributed by atoms with Gasteiger partial charge in [-0.15, -0.1) is 0 Å². The van der Waals surface area contributed by atoms with Crippen LogP contribution < -0.4 is 4.74 Å². The smallest absolute Gasteiger partial charge is 0.126 e. The van der Waals surface area contributed by atoms with Crippen LogP contribution in [0.25, 0.3) is 0 Å². The van der Waals surface area contributed by atoms with Gasteiger partial charge in [0.1, 0.15) is 17.2 Å². The Labute approximate surface area is 94.4 Å². The van der Waals surface area contributed by atoms with E-state index in [0.717, 1.165) is 5.57 Å². The lowest BCUT2D eigenvalue weighted by molar-refractivity contribution is 0.331. The van der Waals surface area contributed by atoms with Crippen LogP contribution in [0.3, 0.4) is 0 Å². The predicted octanol–water partition coefficient (Wildman–Crippen LogP) is 1.59. The first-order chi connectivity index (χ1) is 7.58. The number of rotatable bonds is 4. The molecule has 0 atom stereocenters. The summed E-state index contributed by atoms with van der Waals surface area (Å²) in [7, 11) is 1.46. The predicted molar refractivity (Wildman–Crippen MR) is 60.9 cm³/mol. The molecule has 16 heavy (non-hydrogen) atoms. The molecule has 1 aromatic carbocycles. The molecule has 0 aliphatic carbocycles. The number of allylic oxidation sites excluding steroid dienone is 1. The molecule has 88 valence electrons. The molecule has 0 spiro atoms. The molecule has 0 heterocycles. The van der Waals surface area contributed by atoms with Gasteiger partial charge in [-0.2, -0.15) is 0 Å². The van der Waals surface area contributed by atoms with E-state index >= 15 is 0 Å². The Balaban J connectivity index is 2.97. The van der Waals surface area contributed by atoms with Crippen LogP contribution in [-0.4, -0.2) is 29.0 Å². The quantitative estimate of drug-likeness (QED) is 0.679. The molecule has 1 rings (SSSR count). The van der Waals surface area contributed by atoms with Gasteiger partial charge in [0.2, 0.25) is 0 Å². The summed E-state index contributed by atoms with van der Waals surface area (Å²) < 4.78 is 4.90. The Kier molecular flexibility index (Phi) is 4.19. The number of aliphatic hydroxyl groups excluding tert-OH is 1. The van der Waals surface area contributed by atoms with Crippen LogP contribution in [0, 0.1) is 0 Å². The number of phenolic OH excluding ortho intramolecular Hbond substituents is 2. The fourth-order valence-corrected chi connectivity index (χ4v) is 1.28. The molecule has 0 bridgehead atoms. The van der Waals surface area contributed by atoms with Gasteiger partial charge in [-0.3, -0.25) is 0 Å². The monoisotopic (exact) mass is 224 g/mol. The van der Waals surface area contributed by atoms with Crippen LogP contribution in [-0.2, 0) is 6.42 Å².